The van der Waals surface area contributed by atoms with Crippen molar-refractivity contribution in [2.24, 2.45) is 16.3 Å². The fourth-order valence-corrected chi connectivity index (χ4v) is 4.97. The number of amides is 1. The van der Waals surface area contributed by atoms with Gasteiger partial charge in [-0.25, -0.2) is 15.3 Å². The Hall–Kier alpha value is -1.67. The summed E-state index contributed by atoms with van der Waals surface area (Å²) in [5.41, 5.74) is 4.22. The van der Waals surface area contributed by atoms with Gasteiger partial charge >= 0.3 is 0 Å². The Morgan fingerprint density at radius 3 is 2.34 bits per heavy atom. The minimum Gasteiger partial charge on any atom is -0.355 e. The number of hydroxylamine groups is 1. The van der Waals surface area contributed by atoms with Crippen molar-refractivity contribution in [1.29, 1.82) is 0 Å². The molecule has 35 heavy (non-hydrogen) atoms. The molecule has 4 rings (SSSR count). The van der Waals surface area contributed by atoms with Crippen LogP contribution in [0.5, 0.6) is 0 Å². The molecule has 0 aromatic heterocycles. The van der Waals surface area contributed by atoms with Crippen LogP contribution in [0.3, 0.4) is 0 Å². The third-order valence-electron chi connectivity index (χ3n) is 6.57. The van der Waals surface area contributed by atoms with Crippen molar-refractivity contribution in [3.05, 3.63) is 34.9 Å². The van der Waals surface area contributed by atoms with Gasteiger partial charge in [0.05, 0.1) is 0 Å². The van der Waals surface area contributed by atoms with E-state index in [4.69, 9.17) is 16.4 Å². The molecule has 198 valence electrons. The van der Waals surface area contributed by atoms with Gasteiger partial charge in [0.1, 0.15) is 0 Å². The molecule has 1 unspecified atom stereocenters. The van der Waals surface area contributed by atoms with Crippen LogP contribution in [-0.4, -0.2) is 73.6 Å². The molecule has 1 aromatic carbocycles. The van der Waals surface area contributed by atoms with E-state index in [2.05, 4.69) is 53.3 Å². The number of halogens is 1. The van der Waals surface area contributed by atoms with Crippen LogP contribution in [0.4, 0.5) is 0 Å². The first-order valence-electron chi connectivity index (χ1n) is 13.4. The minimum atomic E-state index is -0.202. The van der Waals surface area contributed by atoms with Crippen LogP contribution in [0.2, 0.25) is 5.02 Å². The molecular weight excluding hydrogens is 462 g/mol. The van der Waals surface area contributed by atoms with Crippen LogP contribution in [0.15, 0.2) is 29.3 Å². The zero-order valence-corrected chi connectivity index (χ0v) is 23.3. The van der Waals surface area contributed by atoms with Crippen LogP contribution >= 0.6 is 11.6 Å². The van der Waals surface area contributed by atoms with Gasteiger partial charge in [0, 0.05) is 49.2 Å². The van der Waals surface area contributed by atoms with Crippen LogP contribution < -0.4 is 10.8 Å². The highest BCUT2D eigenvalue weighted by Gasteiger charge is 2.54. The quantitative estimate of drug-likeness (QED) is 0.512. The summed E-state index contributed by atoms with van der Waals surface area (Å²) < 4.78 is 0. The van der Waals surface area contributed by atoms with E-state index >= 15 is 0 Å². The Balaban J connectivity index is 0.000000803. The van der Waals surface area contributed by atoms with E-state index in [1.54, 1.807) is 0 Å². The number of aliphatic imine (C=N–C) groups is 1. The zero-order valence-electron chi connectivity index (χ0n) is 22.6. The van der Waals surface area contributed by atoms with Crippen molar-refractivity contribution in [2.75, 3.05) is 45.8 Å². The molecule has 1 spiro atoms. The fraction of sp³-hybridized carbons (Fsp3) is 0.704. The lowest BCUT2D eigenvalue weighted by atomic mass is 9.57. The molecule has 1 saturated heterocycles. The molecule has 2 heterocycles. The van der Waals surface area contributed by atoms with E-state index in [1.165, 1.54) is 6.42 Å². The van der Waals surface area contributed by atoms with E-state index in [0.29, 0.717) is 10.4 Å². The smallest absolute Gasteiger partial charge is 0.223 e. The molecule has 8 heteroatoms. The highest BCUT2D eigenvalue weighted by molar-refractivity contribution is 6.30. The van der Waals surface area contributed by atoms with Crippen LogP contribution in [0.1, 0.15) is 66.4 Å². The van der Waals surface area contributed by atoms with Crippen LogP contribution in [0.25, 0.3) is 0 Å². The standard InChI is InChI=1S/C22H32ClN5O2.C3H8.C2H6/c1-3-27(4-2)10-9-24-21(29)17-11-22(12-17)14-28(15-22)13-19-25-20(26-30-19)16-5-7-18(23)8-6-16;1-3-2;1-2/h5-8,17,19H,3-4,9-15H2,1-2H3,(H,24,29)(H,25,26);3H2,1-2H3;1-2H3. The molecule has 7 nitrogen and oxygen atoms in total. The highest BCUT2D eigenvalue weighted by Crippen LogP contribution is 2.51. The van der Waals surface area contributed by atoms with Crippen molar-refractivity contribution in [2.45, 2.75) is 67.0 Å². The second-order valence-electron chi connectivity index (χ2n) is 9.46. The first-order chi connectivity index (χ1) is 16.9. The summed E-state index contributed by atoms with van der Waals surface area (Å²) >= 11 is 5.94. The molecule has 1 saturated carbocycles. The Bertz CT molecular complexity index is 783. The first-order valence-corrected chi connectivity index (χ1v) is 13.8. The first kappa shape index (κ1) is 29.6. The molecule has 0 radical (unpaired) electrons. The predicted octanol–water partition coefficient (Wildman–Crippen LogP) is 4.56. The summed E-state index contributed by atoms with van der Waals surface area (Å²) in [5.74, 6) is 1.16. The number of likely N-dealkylation sites (tertiary alicyclic amines) is 1. The van der Waals surface area contributed by atoms with Gasteiger partial charge in [0.25, 0.3) is 0 Å². The van der Waals surface area contributed by atoms with Crippen molar-refractivity contribution in [3.8, 4) is 0 Å². The molecule has 1 aliphatic carbocycles. The Morgan fingerprint density at radius 1 is 1.17 bits per heavy atom. The molecule has 1 aromatic rings. The van der Waals surface area contributed by atoms with Gasteiger partial charge in [-0.15, -0.1) is 0 Å². The predicted molar refractivity (Wildman–Crippen MR) is 146 cm³/mol. The summed E-state index contributed by atoms with van der Waals surface area (Å²) in [4.78, 5) is 27.3. The maximum Gasteiger partial charge on any atom is 0.223 e. The van der Waals surface area contributed by atoms with Gasteiger partial charge in [-0.1, -0.05) is 59.6 Å². The monoisotopic (exact) mass is 507 g/mol. The summed E-state index contributed by atoms with van der Waals surface area (Å²) in [6, 6.07) is 7.56. The molecule has 2 aliphatic heterocycles. The number of nitrogens with one attached hydrogen (secondary N) is 2. The number of rotatable bonds is 9. The third-order valence-corrected chi connectivity index (χ3v) is 6.82. The SMILES string of the molecule is CC.CCC.CCN(CC)CCNC(=O)C1CC2(C1)CN(CC1N=C(c3ccc(Cl)cc3)NO1)C2. The average molecular weight is 508 g/mol. The molecule has 1 atom stereocenters. The molecule has 2 N–H and O–H groups in total. The third kappa shape index (κ3) is 8.45. The van der Waals surface area contributed by atoms with Gasteiger partial charge in [-0.05, 0) is 55.6 Å². The lowest BCUT2D eigenvalue weighted by molar-refractivity contribution is -0.147. The maximum atomic E-state index is 12.4. The van der Waals surface area contributed by atoms with E-state index in [0.717, 1.165) is 70.1 Å². The molecule has 1 amide bonds. The number of amidine groups is 1. The van der Waals surface area contributed by atoms with Gasteiger partial charge in [-0.2, -0.15) is 0 Å². The van der Waals surface area contributed by atoms with Crippen LogP contribution in [0, 0.1) is 11.3 Å². The maximum absolute atomic E-state index is 12.4. The topological polar surface area (TPSA) is 69.2 Å². The summed E-state index contributed by atoms with van der Waals surface area (Å²) in [5, 5.41) is 3.82. The van der Waals surface area contributed by atoms with E-state index < -0.39 is 0 Å². The lowest BCUT2D eigenvalue weighted by Gasteiger charge is -2.58. The Morgan fingerprint density at radius 2 is 1.77 bits per heavy atom. The van der Waals surface area contributed by atoms with E-state index in [-0.39, 0.29) is 18.1 Å². The number of hydrogen-bond acceptors (Lipinski definition) is 6. The molecule has 2 fully saturated rings. The van der Waals surface area contributed by atoms with Gasteiger partial charge < -0.3 is 10.2 Å². The van der Waals surface area contributed by atoms with Gasteiger partial charge in [-0.3, -0.25) is 9.69 Å². The van der Waals surface area contributed by atoms with Gasteiger partial charge in [0.2, 0.25) is 5.91 Å². The Labute approximate surface area is 217 Å². The number of hydrogen-bond donors (Lipinski definition) is 2. The summed E-state index contributed by atoms with van der Waals surface area (Å²) in [7, 11) is 0. The van der Waals surface area contributed by atoms with E-state index in [9.17, 15) is 4.79 Å². The number of benzene rings is 1. The number of likely N-dealkylation sites (N-methyl/N-ethyl adjacent to an activating group) is 1. The number of carbonyl (C=O) groups excluding carboxylic acids is 1. The molecule has 0 bridgehead atoms. The lowest BCUT2D eigenvalue weighted by Crippen LogP contribution is -2.65. The summed E-state index contributed by atoms with van der Waals surface area (Å²) in [6.07, 6.45) is 3.06. The average Bonchev–Trinajstić information content (AvgIpc) is 3.28. The van der Waals surface area contributed by atoms with Crippen molar-refractivity contribution < 1.29 is 9.63 Å². The number of carbonyl (C=O) groups is 1. The number of nitrogens with zero attached hydrogens (tertiary/aromatic N) is 3. The second kappa shape index (κ2) is 14.8. The second-order valence-corrected chi connectivity index (χ2v) is 9.90. The van der Waals surface area contributed by atoms with Crippen molar-refractivity contribution in [3.63, 3.8) is 0 Å². The summed E-state index contributed by atoms with van der Waals surface area (Å²) in [6.45, 7) is 19.1. The minimum absolute atomic E-state index is 0.183. The van der Waals surface area contributed by atoms with Crippen molar-refractivity contribution >= 4 is 23.3 Å². The van der Waals surface area contributed by atoms with Gasteiger partial charge in [0.15, 0.2) is 12.1 Å². The van der Waals surface area contributed by atoms with Crippen LogP contribution in [-0.2, 0) is 9.63 Å². The van der Waals surface area contributed by atoms with E-state index in [1.807, 2.05) is 38.1 Å². The van der Waals surface area contributed by atoms with Crippen molar-refractivity contribution in [1.82, 2.24) is 20.6 Å². The zero-order chi connectivity index (χ0) is 25.8. The molecule has 3 aliphatic rings. The largest absolute Gasteiger partial charge is 0.355 e. The highest BCUT2D eigenvalue weighted by atomic mass is 35.5. The Kier molecular flexibility index (Phi) is 12.5. The normalized spacial score (nSPS) is 20.5. The fourth-order valence-electron chi connectivity index (χ4n) is 4.84. The molecular formula is C27H46ClN5O2.